The SMILES string of the molecule is CC(C)(C)n1cc(-c2ccc(Oc3cccc(Cl)c3)cc2Cl)c2c(N)ncnc21.Cc1cc(Oc2cccc(Cl)c2)ccc1-c1cn(C(C)(C)C)c2ncnc(N)c12. The van der Waals surface area contributed by atoms with E-state index in [1.807, 2.05) is 66.9 Å². The van der Waals surface area contributed by atoms with Crippen molar-refractivity contribution in [1.82, 2.24) is 29.1 Å². The van der Waals surface area contributed by atoms with Crippen molar-refractivity contribution in [2.45, 2.75) is 59.5 Å². The lowest BCUT2D eigenvalue weighted by atomic mass is 10.0. The lowest BCUT2D eigenvalue weighted by Crippen LogP contribution is -2.21. The van der Waals surface area contributed by atoms with Crippen LogP contribution in [0.4, 0.5) is 11.6 Å². The maximum atomic E-state index is 6.64. The van der Waals surface area contributed by atoms with Gasteiger partial charge < -0.3 is 30.1 Å². The highest BCUT2D eigenvalue weighted by atomic mass is 35.5. The van der Waals surface area contributed by atoms with Gasteiger partial charge in [-0.05, 0) is 120 Å². The van der Waals surface area contributed by atoms with E-state index in [9.17, 15) is 0 Å². The minimum Gasteiger partial charge on any atom is -0.457 e. The Morgan fingerprint density at radius 3 is 1.38 bits per heavy atom. The average Bonchev–Trinajstić information content (AvgIpc) is 3.74. The molecule has 8 aromatic rings. The fourth-order valence-electron chi connectivity index (χ4n) is 6.71. The topological polar surface area (TPSA) is 132 Å². The summed E-state index contributed by atoms with van der Waals surface area (Å²) in [4.78, 5) is 17.3. The number of anilines is 2. The molecule has 0 fully saturated rings. The summed E-state index contributed by atoms with van der Waals surface area (Å²) in [6.07, 6.45) is 7.12. The predicted molar refractivity (Wildman–Crippen MR) is 238 cm³/mol. The molecule has 0 bridgehead atoms. The van der Waals surface area contributed by atoms with E-state index in [0.717, 1.165) is 55.6 Å². The van der Waals surface area contributed by atoms with E-state index < -0.39 is 0 Å². The largest absolute Gasteiger partial charge is 0.457 e. The first-order chi connectivity index (χ1) is 27.5. The van der Waals surface area contributed by atoms with E-state index in [1.165, 1.54) is 12.7 Å². The molecular formula is C45H43Cl3N8O2. The number of aryl methyl sites for hydroxylation is 1. The number of aromatic nitrogens is 6. The van der Waals surface area contributed by atoms with Crippen molar-refractivity contribution in [1.29, 1.82) is 0 Å². The molecule has 8 rings (SSSR count). The minimum absolute atomic E-state index is 0.138. The summed E-state index contributed by atoms with van der Waals surface area (Å²) in [5.41, 5.74) is 18.6. The third kappa shape index (κ3) is 8.41. The number of benzene rings is 4. The predicted octanol–water partition coefficient (Wildman–Crippen LogP) is 12.7. The molecule has 0 aliphatic rings. The summed E-state index contributed by atoms with van der Waals surface area (Å²) in [5.74, 6) is 3.60. The highest BCUT2D eigenvalue weighted by Crippen LogP contribution is 2.41. The molecule has 0 radical (unpaired) electrons. The highest BCUT2D eigenvalue weighted by Gasteiger charge is 2.24. The van der Waals surface area contributed by atoms with Crippen molar-refractivity contribution in [3.8, 4) is 45.3 Å². The van der Waals surface area contributed by atoms with Gasteiger partial charge in [-0.1, -0.05) is 53.0 Å². The molecule has 4 aromatic heterocycles. The number of rotatable bonds is 6. The lowest BCUT2D eigenvalue weighted by molar-refractivity contribution is 0.408. The Bertz CT molecular complexity index is 2610. The second-order valence-electron chi connectivity index (χ2n) is 15.8. The summed E-state index contributed by atoms with van der Waals surface area (Å²) < 4.78 is 16.1. The van der Waals surface area contributed by atoms with Gasteiger partial charge in [0, 0.05) is 56.3 Å². The number of nitrogens with zero attached hydrogens (tertiary/aromatic N) is 6. The van der Waals surface area contributed by atoms with Gasteiger partial charge in [0.15, 0.2) is 0 Å². The molecule has 13 heteroatoms. The molecule has 4 aromatic carbocycles. The second-order valence-corrected chi connectivity index (χ2v) is 17.1. The van der Waals surface area contributed by atoms with Crippen molar-refractivity contribution in [2.24, 2.45) is 0 Å². The number of halogens is 3. The van der Waals surface area contributed by atoms with Crippen molar-refractivity contribution < 1.29 is 9.47 Å². The molecule has 4 heterocycles. The molecular weight excluding hydrogens is 791 g/mol. The highest BCUT2D eigenvalue weighted by molar-refractivity contribution is 6.34. The molecule has 0 atom stereocenters. The van der Waals surface area contributed by atoms with E-state index in [0.29, 0.717) is 44.0 Å². The van der Waals surface area contributed by atoms with Crippen LogP contribution in [0.3, 0.4) is 0 Å². The summed E-state index contributed by atoms with van der Waals surface area (Å²) >= 11 is 18.7. The number of fused-ring (bicyclic) bond motifs is 2. The lowest BCUT2D eigenvalue weighted by Gasteiger charge is -2.21. The maximum Gasteiger partial charge on any atom is 0.146 e. The Morgan fingerprint density at radius 2 is 0.948 bits per heavy atom. The van der Waals surface area contributed by atoms with Gasteiger partial charge in [0.05, 0.1) is 15.8 Å². The van der Waals surface area contributed by atoms with Crippen LogP contribution in [0.25, 0.3) is 44.3 Å². The van der Waals surface area contributed by atoms with Gasteiger partial charge in [0.25, 0.3) is 0 Å². The van der Waals surface area contributed by atoms with Crippen LogP contribution in [0, 0.1) is 6.92 Å². The summed E-state index contributed by atoms with van der Waals surface area (Å²) in [6, 6.07) is 26.1. The molecule has 0 unspecified atom stereocenters. The zero-order chi connectivity index (χ0) is 41.5. The maximum absolute atomic E-state index is 6.64. The van der Waals surface area contributed by atoms with Gasteiger partial charge in [0.2, 0.25) is 0 Å². The number of ether oxygens (including phenoxy) is 2. The zero-order valence-corrected chi connectivity index (χ0v) is 35.4. The molecule has 0 saturated carbocycles. The van der Waals surface area contributed by atoms with Crippen molar-refractivity contribution >= 4 is 68.5 Å². The van der Waals surface area contributed by atoms with Crippen LogP contribution >= 0.6 is 34.8 Å². The first kappa shape index (κ1) is 40.4. The summed E-state index contributed by atoms with van der Waals surface area (Å²) in [7, 11) is 0. The molecule has 0 aliphatic heterocycles. The Balaban J connectivity index is 0.000000177. The fraction of sp³-hybridized carbons (Fsp3) is 0.200. The van der Waals surface area contributed by atoms with Gasteiger partial charge in [-0.3, -0.25) is 0 Å². The van der Waals surface area contributed by atoms with Crippen LogP contribution in [-0.2, 0) is 11.1 Å². The number of hydrogen-bond acceptors (Lipinski definition) is 8. The van der Waals surface area contributed by atoms with Gasteiger partial charge in [0.1, 0.15) is 58.6 Å². The molecule has 296 valence electrons. The van der Waals surface area contributed by atoms with E-state index >= 15 is 0 Å². The molecule has 0 aliphatic carbocycles. The summed E-state index contributed by atoms with van der Waals surface area (Å²) in [6.45, 7) is 14.8. The van der Waals surface area contributed by atoms with E-state index in [-0.39, 0.29) is 11.1 Å². The Hall–Kier alpha value is -5.81. The van der Waals surface area contributed by atoms with Crippen LogP contribution in [0.1, 0.15) is 47.1 Å². The Labute approximate surface area is 352 Å². The van der Waals surface area contributed by atoms with Crippen molar-refractivity contribution in [3.63, 3.8) is 0 Å². The average molecular weight is 834 g/mol. The summed E-state index contributed by atoms with van der Waals surface area (Å²) in [5, 5.41) is 3.44. The Morgan fingerprint density at radius 1 is 0.517 bits per heavy atom. The molecule has 4 N–H and O–H groups in total. The van der Waals surface area contributed by atoms with Crippen LogP contribution in [0.2, 0.25) is 15.1 Å². The van der Waals surface area contributed by atoms with Crippen LogP contribution < -0.4 is 20.9 Å². The molecule has 0 spiro atoms. The number of nitrogen functional groups attached to an aromatic ring is 2. The third-order valence-electron chi connectivity index (χ3n) is 9.45. The molecule has 0 amide bonds. The van der Waals surface area contributed by atoms with Crippen molar-refractivity contribution in [2.75, 3.05) is 11.5 Å². The van der Waals surface area contributed by atoms with Crippen LogP contribution in [0.5, 0.6) is 23.0 Å². The monoisotopic (exact) mass is 832 g/mol. The van der Waals surface area contributed by atoms with Gasteiger partial charge >= 0.3 is 0 Å². The molecule has 0 saturated heterocycles. The zero-order valence-electron chi connectivity index (χ0n) is 33.2. The van der Waals surface area contributed by atoms with Gasteiger partial charge in [-0.25, -0.2) is 19.9 Å². The van der Waals surface area contributed by atoms with E-state index in [4.69, 9.17) is 55.7 Å². The minimum atomic E-state index is -0.181. The van der Waals surface area contributed by atoms with Crippen LogP contribution in [0.15, 0.2) is 110 Å². The quantitative estimate of drug-likeness (QED) is 0.169. The third-order valence-corrected chi connectivity index (χ3v) is 10.2. The molecule has 10 nitrogen and oxygen atoms in total. The van der Waals surface area contributed by atoms with E-state index in [2.05, 4.69) is 83.7 Å². The Kier molecular flexibility index (Phi) is 11.0. The normalized spacial score (nSPS) is 11.8. The standard InChI is InChI=1S/C23H23ClN4O.C22H20Cl2N4O/c1-14-10-17(29-16-7-5-6-15(24)11-16)8-9-18(14)19-12-28(23(2,3)4)22-20(19)21(25)26-13-27-22;1-22(2,3)28-11-17(19-20(25)26-12-27-21(19)28)16-8-7-15(10-18(16)24)29-14-6-4-5-13(23)9-14/h5-13H,1-4H3,(H2,25,26,27);4-12H,1-3H3,(H2,25,26,27). The van der Waals surface area contributed by atoms with Gasteiger partial charge in [-0.2, -0.15) is 0 Å². The van der Waals surface area contributed by atoms with Crippen molar-refractivity contribution in [3.05, 3.63) is 131 Å². The van der Waals surface area contributed by atoms with E-state index in [1.54, 1.807) is 24.3 Å². The number of hydrogen-bond donors (Lipinski definition) is 2. The fourth-order valence-corrected chi connectivity index (χ4v) is 7.35. The first-order valence-corrected chi connectivity index (χ1v) is 19.6. The smallest absolute Gasteiger partial charge is 0.146 e. The number of nitrogens with two attached hydrogens (primary N) is 2. The second kappa shape index (κ2) is 15.9. The van der Waals surface area contributed by atoms with Gasteiger partial charge in [-0.15, -0.1) is 0 Å². The van der Waals surface area contributed by atoms with Crippen LogP contribution in [-0.4, -0.2) is 29.1 Å². The first-order valence-electron chi connectivity index (χ1n) is 18.5. The molecule has 58 heavy (non-hydrogen) atoms.